The lowest BCUT2D eigenvalue weighted by Gasteiger charge is -2.04. The van der Waals surface area contributed by atoms with Gasteiger partial charge in [-0.15, -0.1) is 0 Å². The molecule has 12 heavy (non-hydrogen) atoms. The molecule has 0 aliphatic carbocycles. The Kier molecular flexibility index (Phi) is 1.58. The van der Waals surface area contributed by atoms with Gasteiger partial charge in [0.2, 0.25) is 0 Å². The Morgan fingerprint density at radius 1 is 1.50 bits per heavy atom. The van der Waals surface area contributed by atoms with E-state index in [0.29, 0.717) is 11.6 Å². The molecule has 0 bridgehead atoms. The maximum atomic E-state index is 11.4. The Morgan fingerprint density at radius 3 is 2.92 bits per heavy atom. The van der Waals surface area contributed by atoms with Crippen molar-refractivity contribution in [2.24, 2.45) is 0 Å². The van der Waals surface area contributed by atoms with Crippen LogP contribution in [0, 0.1) is 0 Å². The first kappa shape index (κ1) is 7.62. The lowest BCUT2D eigenvalue weighted by Crippen LogP contribution is -2.17. The van der Waals surface area contributed by atoms with Gasteiger partial charge in [-0.1, -0.05) is 17.7 Å². The molecule has 1 aromatic rings. The lowest BCUT2D eigenvalue weighted by atomic mass is 10.1. The molecule has 0 radical (unpaired) electrons. The van der Waals surface area contributed by atoms with Crippen molar-refractivity contribution in [3.05, 3.63) is 34.3 Å². The van der Waals surface area contributed by atoms with Gasteiger partial charge in [0.15, 0.2) is 0 Å². The third kappa shape index (κ3) is 0.916. The summed E-state index contributed by atoms with van der Waals surface area (Å²) in [7, 11) is 1.78. The smallest absolute Gasteiger partial charge is 0.254 e. The zero-order valence-corrected chi connectivity index (χ0v) is 7.43. The van der Waals surface area contributed by atoms with E-state index in [1.165, 1.54) is 0 Å². The fourth-order valence-corrected chi connectivity index (χ4v) is 1.67. The van der Waals surface area contributed by atoms with Crippen molar-refractivity contribution >= 4 is 17.5 Å². The molecule has 0 fully saturated rings. The van der Waals surface area contributed by atoms with E-state index in [1.807, 2.05) is 12.1 Å². The largest absolute Gasteiger partial charge is 0.337 e. The van der Waals surface area contributed by atoms with Crippen LogP contribution in [0.3, 0.4) is 0 Å². The SMILES string of the molecule is CN1Cc2c(Cl)cccc2C1=O. The van der Waals surface area contributed by atoms with Crippen molar-refractivity contribution in [1.29, 1.82) is 0 Å². The van der Waals surface area contributed by atoms with Crippen molar-refractivity contribution in [2.45, 2.75) is 6.54 Å². The number of nitrogens with zero attached hydrogens (tertiary/aromatic N) is 1. The van der Waals surface area contributed by atoms with Crippen LogP contribution in [0.5, 0.6) is 0 Å². The zero-order valence-electron chi connectivity index (χ0n) is 6.67. The third-order valence-electron chi connectivity index (χ3n) is 2.09. The quantitative estimate of drug-likeness (QED) is 0.599. The highest BCUT2D eigenvalue weighted by Crippen LogP contribution is 2.27. The summed E-state index contributed by atoms with van der Waals surface area (Å²) in [6.07, 6.45) is 0. The van der Waals surface area contributed by atoms with E-state index in [4.69, 9.17) is 11.6 Å². The second kappa shape index (κ2) is 2.49. The number of hydrogen-bond acceptors (Lipinski definition) is 1. The Labute approximate surface area is 75.7 Å². The van der Waals surface area contributed by atoms with E-state index < -0.39 is 0 Å². The maximum Gasteiger partial charge on any atom is 0.254 e. The van der Waals surface area contributed by atoms with Crippen molar-refractivity contribution < 1.29 is 4.79 Å². The molecule has 1 aliphatic rings. The molecule has 0 aromatic heterocycles. The van der Waals surface area contributed by atoms with Gasteiger partial charge in [-0.05, 0) is 12.1 Å². The summed E-state index contributed by atoms with van der Waals surface area (Å²) in [5.74, 6) is 0.0625. The Bertz CT molecular complexity index is 348. The molecular formula is C9H8ClNO. The summed E-state index contributed by atoms with van der Waals surface area (Å²) in [6, 6.07) is 5.43. The number of carbonyl (C=O) groups excluding carboxylic acids is 1. The van der Waals surface area contributed by atoms with Gasteiger partial charge in [0, 0.05) is 29.7 Å². The molecule has 0 atom stereocenters. The van der Waals surface area contributed by atoms with Crippen LogP contribution >= 0.6 is 11.6 Å². The van der Waals surface area contributed by atoms with E-state index in [0.717, 1.165) is 11.1 Å². The van der Waals surface area contributed by atoms with Gasteiger partial charge in [-0.3, -0.25) is 4.79 Å². The normalized spacial score (nSPS) is 15.2. The number of benzene rings is 1. The predicted molar refractivity (Wildman–Crippen MR) is 47.2 cm³/mol. The highest BCUT2D eigenvalue weighted by molar-refractivity contribution is 6.32. The van der Waals surface area contributed by atoms with Gasteiger partial charge in [0.1, 0.15) is 0 Å². The van der Waals surface area contributed by atoms with Crippen LogP contribution in [-0.4, -0.2) is 17.9 Å². The van der Waals surface area contributed by atoms with Gasteiger partial charge in [-0.25, -0.2) is 0 Å². The molecule has 2 rings (SSSR count). The van der Waals surface area contributed by atoms with Crippen LogP contribution in [0.15, 0.2) is 18.2 Å². The van der Waals surface area contributed by atoms with Gasteiger partial charge in [-0.2, -0.15) is 0 Å². The predicted octanol–water partition coefficient (Wildman–Crippen LogP) is 1.93. The first-order valence-electron chi connectivity index (χ1n) is 3.73. The molecule has 0 saturated carbocycles. The minimum absolute atomic E-state index is 0.0625. The van der Waals surface area contributed by atoms with Gasteiger partial charge < -0.3 is 4.90 Å². The summed E-state index contributed by atoms with van der Waals surface area (Å²) >= 11 is 5.92. The summed E-state index contributed by atoms with van der Waals surface area (Å²) in [4.78, 5) is 13.1. The van der Waals surface area contributed by atoms with Crippen molar-refractivity contribution in [2.75, 3.05) is 7.05 Å². The highest BCUT2D eigenvalue weighted by Gasteiger charge is 2.25. The molecule has 1 amide bonds. The summed E-state index contributed by atoms with van der Waals surface area (Å²) < 4.78 is 0. The van der Waals surface area contributed by atoms with Crippen LogP contribution < -0.4 is 0 Å². The molecule has 0 N–H and O–H groups in total. The molecular weight excluding hydrogens is 174 g/mol. The molecule has 62 valence electrons. The standard InChI is InChI=1S/C9H8ClNO/c1-11-5-7-6(9(11)12)3-2-4-8(7)10/h2-4H,5H2,1H3. The number of fused-ring (bicyclic) bond motifs is 1. The van der Waals surface area contributed by atoms with Crippen molar-refractivity contribution in [1.82, 2.24) is 4.90 Å². The first-order chi connectivity index (χ1) is 5.70. The van der Waals surface area contributed by atoms with Gasteiger partial charge in [0.05, 0.1) is 0 Å². The molecule has 2 nitrogen and oxygen atoms in total. The third-order valence-corrected chi connectivity index (χ3v) is 2.45. The molecule has 1 aromatic carbocycles. The van der Waals surface area contributed by atoms with Crippen LogP contribution in [0.2, 0.25) is 5.02 Å². The zero-order chi connectivity index (χ0) is 8.72. The number of carbonyl (C=O) groups is 1. The first-order valence-corrected chi connectivity index (χ1v) is 4.11. The van der Waals surface area contributed by atoms with Crippen LogP contribution in [0.1, 0.15) is 15.9 Å². The minimum atomic E-state index is 0.0625. The number of rotatable bonds is 0. The van der Waals surface area contributed by atoms with E-state index in [9.17, 15) is 4.79 Å². The Hall–Kier alpha value is -1.02. The molecule has 0 saturated heterocycles. The second-order valence-corrected chi connectivity index (χ2v) is 3.33. The van der Waals surface area contributed by atoms with Crippen LogP contribution in [0.4, 0.5) is 0 Å². The molecule has 1 heterocycles. The average Bonchev–Trinajstić information content (AvgIpc) is 2.32. The summed E-state index contributed by atoms with van der Waals surface area (Å²) in [5.41, 5.74) is 1.69. The summed E-state index contributed by atoms with van der Waals surface area (Å²) in [5, 5.41) is 0.685. The van der Waals surface area contributed by atoms with Gasteiger partial charge >= 0.3 is 0 Å². The van der Waals surface area contributed by atoms with Gasteiger partial charge in [0.25, 0.3) is 5.91 Å². The van der Waals surface area contributed by atoms with E-state index >= 15 is 0 Å². The Morgan fingerprint density at radius 2 is 2.25 bits per heavy atom. The van der Waals surface area contributed by atoms with Crippen molar-refractivity contribution in [3.8, 4) is 0 Å². The second-order valence-electron chi connectivity index (χ2n) is 2.93. The van der Waals surface area contributed by atoms with Crippen molar-refractivity contribution in [3.63, 3.8) is 0 Å². The lowest BCUT2D eigenvalue weighted by molar-refractivity contribution is 0.0816. The highest BCUT2D eigenvalue weighted by atomic mass is 35.5. The topological polar surface area (TPSA) is 20.3 Å². The average molecular weight is 182 g/mol. The minimum Gasteiger partial charge on any atom is -0.337 e. The maximum absolute atomic E-state index is 11.4. The molecule has 0 spiro atoms. The number of amides is 1. The van der Waals surface area contributed by atoms with E-state index in [1.54, 1.807) is 18.0 Å². The molecule has 1 aliphatic heterocycles. The number of hydrogen-bond donors (Lipinski definition) is 0. The monoisotopic (exact) mass is 181 g/mol. The fourth-order valence-electron chi connectivity index (χ4n) is 1.43. The number of halogens is 1. The van der Waals surface area contributed by atoms with E-state index in [2.05, 4.69) is 0 Å². The van der Waals surface area contributed by atoms with Crippen LogP contribution in [0.25, 0.3) is 0 Å². The molecule has 0 unspecified atom stereocenters. The van der Waals surface area contributed by atoms with Crippen LogP contribution in [-0.2, 0) is 6.54 Å². The summed E-state index contributed by atoms with van der Waals surface area (Å²) in [6.45, 7) is 0.633. The Balaban J connectivity index is 2.61. The fraction of sp³-hybridized carbons (Fsp3) is 0.222. The molecule has 3 heteroatoms. The van der Waals surface area contributed by atoms with E-state index in [-0.39, 0.29) is 5.91 Å².